The lowest BCUT2D eigenvalue weighted by Gasteiger charge is -2.24. The van der Waals surface area contributed by atoms with Crippen LogP contribution in [-0.4, -0.2) is 72.7 Å². The van der Waals surface area contributed by atoms with Gasteiger partial charge < -0.3 is 9.64 Å². The van der Waals surface area contributed by atoms with Gasteiger partial charge in [0.05, 0.1) is 5.69 Å². The quantitative estimate of drug-likeness (QED) is 0.752. The molecule has 0 N–H and O–H groups in total. The standard InChI is InChI=1S/C14H21ClN4O4S/c1-9-13(14(15)17(2)16-9)24(21,22)18-6-10-4-5-19(11(10)7-18)12(20)8-23-3/h10-11H,4-8H2,1-3H3/t10-,11+/m0/s1. The summed E-state index contributed by atoms with van der Waals surface area (Å²) < 4.78 is 33.7. The fourth-order valence-corrected chi connectivity index (χ4v) is 5.89. The van der Waals surface area contributed by atoms with Gasteiger partial charge in [-0.2, -0.15) is 9.40 Å². The van der Waals surface area contributed by atoms with Gasteiger partial charge in [-0.15, -0.1) is 0 Å². The number of amides is 1. The van der Waals surface area contributed by atoms with E-state index >= 15 is 0 Å². The number of ether oxygens (including phenoxy) is 1. The first-order valence-corrected chi connectivity index (χ1v) is 9.56. The minimum Gasteiger partial charge on any atom is -0.375 e. The number of aryl methyl sites for hydroxylation is 2. The van der Waals surface area contributed by atoms with Crippen LogP contribution in [0.5, 0.6) is 0 Å². The fraction of sp³-hybridized carbons (Fsp3) is 0.714. The second kappa shape index (κ2) is 6.29. The van der Waals surface area contributed by atoms with Crippen LogP contribution in [-0.2, 0) is 26.6 Å². The zero-order chi connectivity index (χ0) is 17.6. The van der Waals surface area contributed by atoms with Crippen LogP contribution < -0.4 is 0 Å². The van der Waals surface area contributed by atoms with E-state index in [1.165, 1.54) is 16.1 Å². The van der Waals surface area contributed by atoms with Crippen LogP contribution in [0.25, 0.3) is 0 Å². The van der Waals surface area contributed by atoms with Crippen molar-refractivity contribution in [1.29, 1.82) is 0 Å². The Balaban J connectivity index is 1.84. The van der Waals surface area contributed by atoms with Crippen LogP contribution in [0.3, 0.4) is 0 Å². The molecule has 3 rings (SSSR count). The number of rotatable bonds is 4. The molecule has 2 aliphatic rings. The first-order chi connectivity index (χ1) is 11.3. The maximum absolute atomic E-state index is 13.0. The second-order valence-corrected chi connectivity index (χ2v) is 8.52. The Kier molecular flexibility index (Phi) is 4.63. The molecule has 24 heavy (non-hydrogen) atoms. The van der Waals surface area contributed by atoms with E-state index in [4.69, 9.17) is 16.3 Å². The second-order valence-electron chi connectivity index (χ2n) is 6.29. The number of carbonyl (C=O) groups is 1. The molecule has 2 atom stereocenters. The fourth-order valence-electron chi connectivity index (χ4n) is 3.67. The third-order valence-electron chi connectivity index (χ3n) is 4.80. The van der Waals surface area contributed by atoms with Crippen LogP contribution in [0.4, 0.5) is 0 Å². The monoisotopic (exact) mass is 376 g/mol. The molecular formula is C14H21ClN4O4S. The lowest BCUT2D eigenvalue weighted by Crippen LogP contribution is -2.42. The van der Waals surface area contributed by atoms with E-state index in [0.717, 1.165) is 6.42 Å². The van der Waals surface area contributed by atoms with Crippen LogP contribution in [0.2, 0.25) is 5.15 Å². The van der Waals surface area contributed by atoms with Gasteiger partial charge in [-0.25, -0.2) is 8.42 Å². The highest BCUT2D eigenvalue weighted by atomic mass is 35.5. The number of halogens is 1. The molecule has 134 valence electrons. The summed E-state index contributed by atoms with van der Waals surface area (Å²) in [7, 11) is -0.648. The van der Waals surface area contributed by atoms with Crippen molar-refractivity contribution in [2.24, 2.45) is 13.0 Å². The molecule has 1 aromatic rings. The van der Waals surface area contributed by atoms with Crippen molar-refractivity contribution >= 4 is 27.5 Å². The number of likely N-dealkylation sites (tertiary alicyclic amines) is 1. The number of hydrogen-bond donors (Lipinski definition) is 0. The van der Waals surface area contributed by atoms with Crippen LogP contribution in [0.15, 0.2) is 4.90 Å². The zero-order valence-electron chi connectivity index (χ0n) is 13.9. The molecule has 0 bridgehead atoms. The summed E-state index contributed by atoms with van der Waals surface area (Å²) in [4.78, 5) is 13.9. The molecule has 0 unspecified atom stereocenters. The highest BCUT2D eigenvalue weighted by Gasteiger charge is 2.47. The highest BCUT2D eigenvalue weighted by Crippen LogP contribution is 2.36. The van der Waals surface area contributed by atoms with Crippen LogP contribution in [0.1, 0.15) is 12.1 Å². The van der Waals surface area contributed by atoms with Crippen molar-refractivity contribution < 1.29 is 17.9 Å². The summed E-state index contributed by atoms with van der Waals surface area (Å²) in [6.45, 7) is 2.98. The van der Waals surface area contributed by atoms with Crippen molar-refractivity contribution in [3.05, 3.63) is 10.8 Å². The highest BCUT2D eigenvalue weighted by molar-refractivity contribution is 7.89. The van der Waals surface area contributed by atoms with Gasteiger partial charge in [0, 0.05) is 39.8 Å². The zero-order valence-corrected chi connectivity index (χ0v) is 15.5. The van der Waals surface area contributed by atoms with Gasteiger partial charge in [0.15, 0.2) is 0 Å². The molecule has 2 aliphatic heterocycles. The van der Waals surface area contributed by atoms with Crippen molar-refractivity contribution in [3.63, 3.8) is 0 Å². The van der Waals surface area contributed by atoms with E-state index in [1.54, 1.807) is 18.9 Å². The van der Waals surface area contributed by atoms with Gasteiger partial charge in [0.25, 0.3) is 0 Å². The minimum atomic E-state index is -3.73. The smallest absolute Gasteiger partial charge is 0.248 e. The Morgan fingerprint density at radius 3 is 2.71 bits per heavy atom. The summed E-state index contributed by atoms with van der Waals surface area (Å²) in [6.07, 6.45) is 0.798. The van der Waals surface area contributed by atoms with Crippen molar-refractivity contribution in [2.45, 2.75) is 24.3 Å². The van der Waals surface area contributed by atoms with Crippen LogP contribution >= 0.6 is 11.6 Å². The van der Waals surface area contributed by atoms with Crippen LogP contribution in [0, 0.1) is 12.8 Å². The molecule has 0 spiro atoms. The summed E-state index contributed by atoms with van der Waals surface area (Å²) in [5.74, 6) is 0.0520. The third-order valence-corrected chi connectivity index (χ3v) is 7.33. The Labute approximate surface area is 146 Å². The number of nitrogens with zero attached hydrogens (tertiary/aromatic N) is 4. The number of fused-ring (bicyclic) bond motifs is 1. The van der Waals surface area contributed by atoms with Gasteiger partial charge in [0.1, 0.15) is 16.7 Å². The largest absolute Gasteiger partial charge is 0.375 e. The lowest BCUT2D eigenvalue weighted by atomic mass is 10.1. The average Bonchev–Trinajstić information content (AvgIpc) is 3.13. The molecule has 2 fully saturated rings. The van der Waals surface area contributed by atoms with E-state index in [0.29, 0.717) is 18.8 Å². The molecule has 10 heteroatoms. The van der Waals surface area contributed by atoms with E-state index in [1.807, 2.05) is 0 Å². The van der Waals surface area contributed by atoms with Gasteiger partial charge in [-0.3, -0.25) is 9.48 Å². The molecule has 0 saturated carbocycles. The summed E-state index contributed by atoms with van der Waals surface area (Å²) in [6, 6.07) is -0.0989. The Morgan fingerprint density at radius 1 is 1.42 bits per heavy atom. The lowest BCUT2D eigenvalue weighted by molar-refractivity contribution is -0.136. The van der Waals surface area contributed by atoms with Gasteiger partial charge in [-0.05, 0) is 19.3 Å². The molecule has 8 nitrogen and oxygen atoms in total. The van der Waals surface area contributed by atoms with Crippen molar-refractivity contribution in [3.8, 4) is 0 Å². The van der Waals surface area contributed by atoms with E-state index in [2.05, 4.69) is 5.10 Å². The molecule has 0 radical (unpaired) electrons. The molecule has 1 aromatic heterocycles. The number of hydrogen-bond acceptors (Lipinski definition) is 5. The van der Waals surface area contributed by atoms with Gasteiger partial charge in [-0.1, -0.05) is 11.6 Å². The first-order valence-electron chi connectivity index (χ1n) is 7.75. The summed E-state index contributed by atoms with van der Waals surface area (Å²) in [5, 5.41) is 4.19. The average molecular weight is 377 g/mol. The number of sulfonamides is 1. The van der Waals surface area contributed by atoms with E-state index in [-0.39, 0.29) is 41.1 Å². The van der Waals surface area contributed by atoms with E-state index < -0.39 is 10.0 Å². The summed E-state index contributed by atoms with van der Waals surface area (Å²) in [5.41, 5.74) is 0.381. The maximum atomic E-state index is 13.0. The molecular weight excluding hydrogens is 356 g/mol. The third kappa shape index (κ3) is 2.73. The topological polar surface area (TPSA) is 84.7 Å². The normalized spacial score (nSPS) is 24.6. The molecule has 3 heterocycles. The number of methoxy groups -OCH3 is 1. The predicted octanol–water partition coefficient (Wildman–Crippen LogP) is 0.250. The minimum absolute atomic E-state index is 0.0174. The van der Waals surface area contributed by atoms with Crippen molar-refractivity contribution in [1.82, 2.24) is 19.0 Å². The molecule has 2 saturated heterocycles. The molecule has 1 amide bonds. The summed E-state index contributed by atoms with van der Waals surface area (Å²) >= 11 is 6.13. The number of carbonyl (C=O) groups excluding carboxylic acids is 1. The van der Waals surface area contributed by atoms with Gasteiger partial charge in [0.2, 0.25) is 15.9 Å². The number of aromatic nitrogens is 2. The molecule has 0 aliphatic carbocycles. The maximum Gasteiger partial charge on any atom is 0.248 e. The van der Waals surface area contributed by atoms with E-state index in [9.17, 15) is 13.2 Å². The molecule has 0 aromatic carbocycles. The Bertz CT molecular complexity index is 763. The Morgan fingerprint density at radius 2 is 2.12 bits per heavy atom. The predicted molar refractivity (Wildman–Crippen MR) is 87.2 cm³/mol. The Hall–Kier alpha value is -1.16. The van der Waals surface area contributed by atoms with Crippen molar-refractivity contribution in [2.75, 3.05) is 33.4 Å². The SMILES string of the molecule is COCC(=O)N1CC[C@H]2CN(S(=O)(=O)c3c(C)nn(C)c3Cl)C[C@H]21. The van der Waals surface area contributed by atoms with Gasteiger partial charge >= 0.3 is 0 Å². The first kappa shape index (κ1) is 17.7.